The van der Waals surface area contributed by atoms with E-state index < -0.39 is 18.0 Å². The first-order valence-electron chi connectivity index (χ1n) is 4.37. The SMILES string of the molecule is C[C@H](OC(=O)c1cccc(Cl)c1Cl)C(N)=O. The van der Waals surface area contributed by atoms with E-state index in [1.165, 1.54) is 19.1 Å². The molecule has 0 saturated heterocycles. The highest BCUT2D eigenvalue weighted by Gasteiger charge is 2.19. The number of amides is 1. The maximum atomic E-state index is 11.6. The minimum absolute atomic E-state index is 0.0887. The van der Waals surface area contributed by atoms with Crippen LogP contribution in [0, 0.1) is 0 Å². The molecule has 0 spiro atoms. The van der Waals surface area contributed by atoms with Crippen molar-refractivity contribution in [3.63, 3.8) is 0 Å². The van der Waals surface area contributed by atoms with Crippen LogP contribution in [0.5, 0.6) is 0 Å². The molecule has 2 N–H and O–H groups in total. The number of primary amides is 1. The fraction of sp³-hybridized carbons (Fsp3) is 0.200. The van der Waals surface area contributed by atoms with Gasteiger partial charge in [0.1, 0.15) is 0 Å². The van der Waals surface area contributed by atoms with Gasteiger partial charge in [0.25, 0.3) is 5.91 Å². The lowest BCUT2D eigenvalue weighted by molar-refractivity contribution is -0.125. The lowest BCUT2D eigenvalue weighted by Crippen LogP contribution is -2.30. The number of esters is 1. The topological polar surface area (TPSA) is 69.4 Å². The highest BCUT2D eigenvalue weighted by molar-refractivity contribution is 6.43. The van der Waals surface area contributed by atoms with Crippen LogP contribution in [0.4, 0.5) is 0 Å². The number of ether oxygens (including phenoxy) is 1. The van der Waals surface area contributed by atoms with E-state index in [4.69, 9.17) is 33.7 Å². The summed E-state index contributed by atoms with van der Waals surface area (Å²) < 4.78 is 4.78. The van der Waals surface area contributed by atoms with Gasteiger partial charge in [0.2, 0.25) is 0 Å². The van der Waals surface area contributed by atoms with E-state index in [0.717, 1.165) is 0 Å². The van der Waals surface area contributed by atoms with Crippen molar-refractivity contribution >= 4 is 35.1 Å². The minimum Gasteiger partial charge on any atom is -0.449 e. The van der Waals surface area contributed by atoms with E-state index in [-0.39, 0.29) is 15.6 Å². The predicted molar refractivity (Wildman–Crippen MR) is 60.5 cm³/mol. The number of carbonyl (C=O) groups is 2. The zero-order chi connectivity index (χ0) is 12.3. The molecule has 1 amide bonds. The van der Waals surface area contributed by atoms with Crippen molar-refractivity contribution in [2.45, 2.75) is 13.0 Å². The van der Waals surface area contributed by atoms with Crippen LogP contribution < -0.4 is 5.73 Å². The number of rotatable bonds is 3. The molecule has 0 fully saturated rings. The minimum atomic E-state index is -1.01. The van der Waals surface area contributed by atoms with Crippen LogP contribution >= 0.6 is 23.2 Å². The largest absolute Gasteiger partial charge is 0.449 e. The molecule has 6 heteroatoms. The van der Waals surface area contributed by atoms with Crippen molar-refractivity contribution in [2.75, 3.05) is 0 Å². The van der Waals surface area contributed by atoms with Crippen LogP contribution in [-0.4, -0.2) is 18.0 Å². The van der Waals surface area contributed by atoms with Gasteiger partial charge in [0, 0.05) is 0 Å². The first-order chi connectivity index (χ1) is 7.43. The van der Waals surface area contributed by atoms with Gasteiger partial charge in [-0.2, -0.15) is 0 Å². The molecule has 0 saturated carbocycles. The van der Waals surface area contributed by atoms with E-state index >= 15 is 0 Å². The van der Waals surface area contributed by atoms with Gasteiger partial charge in [0.05, 0.1) is 15.6 Å². The van der Waals surface area contributed by atoms with Gasteiger partial charge in [-0.25, -0.2) is 4.79 Å². The summed E-state index contributed by atoms with van der Waals surface area (Å²) in [6, 6.07) is 4.54. The third-order valence-corrected chi connectivity index (χ3v) is 2.67. The Morgan fingerprint density at radius 1 is 1.38 bits per heavy atom. The van der Waals surface area contributed by atoms with Gasteiger partial charge in [-0.15, -0.1) is 0 Å². The zero-order valence-electron chi connectivity index (χ0n) is 8.37. The Morgan fingerprint density at radius 3 is 2.56 bits per heavy atom. The predicted octanol–water partition coefficient (Wildman–Crippen LogP) is 2.02. The number of nitrogens with two attached hydrogens (primary N) is 1. The molecule has 16 heavy (non-hydrogen) atoms. The summed E-state index contributed by atoms with van der Waals surface area (Å²) in [7, 11) is 0. The molecule has 4 nitrogen and oxygen atoms in total. The van der Waals surface area contributed by atoms with Gasteiger partial charge < -0.3 is 10.5 Å². The van der Waals surface area contributed by atoms with Crippen LogP contribution in [0.2, 0.25) is 10.0 Å². The smallest absolute Gasteiger partial charge is 0.340 e. The molecule has 0 aliphatic rings. The summed E-state index contributed by atoms with van der Waals surface area (Å²) >= 11 is 11.5. The third-order valence-electron chi connectivity index (χ3n) is 1.86. The molecule has 1 aromatic rings. The Hall–Kier alpha value is -1.26. The first kappa shape index (κ1) is 12.8. The number of hydrogen-bond donors (Lipinski definition) is 1. The van der Waals surface area contributed by atoms with Crippen LogP contribution in [0.1, 0.15) is 17.3 Å². The van der Waals surface area contributed by atoms with Gasteiger partial charge in [0.15, 0.2) is 6.10 Å². The Morgan fingerprint density at radius 2 is 2.00 bits per heavy atom. The second-order valence-electron chi connectivity index (χ2n) is 3.05. The normalized spacial score (nSPS) is 11.9. The van der Waals surface area contributed by atoms with Crippen molar-refractivity contribution in [3.05, 3.63) is 33.8 Å². The van der Waals surface area contributed by atoms with Crippen molar-refractivity contribution in [1.82, 2.24) is 0 Å². The average Bonchev–Trinajstić information content (AvgIpc) is 2.21. The lowest BCUT2D eigenvalue weighted by atomic mass is 10.2. The van der Waals surface area contributed by atoms with E-state index in [2.05, 4.69) is 0 Å². The summed E-state index contributed by atoms with van der Waals surface area (Å²) in [5.74, 6) is -1.47. The molecule has 0 radical (unpaired) electrons. The molecule has 0 unspecified atom stereocenters. The number of halogens is 2. The number of hydrogen-bond acceptors (Lipinski definition) is 3. The van der Waals surface area contributed by atoms with E-state index in [0.29, 0.717) is 0 Å². The molecule has 1 aromatic carbocycles. The molecule has 0 aliphatic carbocycles. The fourth-order valence-electron chi connectivity index (χ4n) is 0.944. The molecular weight excluding hydrogens is 253 g/mol. The second-order valence-corrected chi connectivity index (χ2v) is 3.84. The Kier molecular flexibility index (Phi) is 4.15. The summed E-state index contributed by atoms with van der Waals surface area (Å²) in [5.41, 5.74) is 5.05. The summed E-state index contributed by atoms with van der Waals surface area (Å²) in [6.07, 6.45) is -1.01. The Labute approximate surface area is 102 Å². The molecule has 86 valence electrons. The standard InChI is InChI=1S/C10H9Cl2NO3/c1-5(9(13)14)16-10(15)6-3-2-4-7(11)8(6)12/h2-5H,1H3,(H2,13,14)/t5-/m0/s1. The van der Waals surface area contributed by atoms with E-state index in [1.807, 2.05) is 0 Å². The summed E-state index contributed by atoms with van der Waals surface area (Å²) in [5, 5.41) is 0.327. The maximum Gasteiger partial charge on any atom is 0.340 e. The number of benzene rings is 1. The van der Waals surface area contributed by atoms with Crippen molar-refractivity contribution in [2.24, 2.45) is 5.73 Å². The highest BCUT2D eigenvalue weighted by atomic mass is 35.5. The monoisotopic (exact) mass is 261 g/mol. The van der Waals surface area contributed by atoms with Crippen molar-refractivity contribution in [3.8, 4) is 0 Å². The zero-order valence-corrected chi connectivity index (χ0v) is 9.88. The average molecular weight is 262 g/mol. The van der Waals surface area contributed by atoms with Crippen molar-refractivity contribution in [1.29, 1.82) is 0 Å². The van der Waals surface area contributed by atoms with E-state index in [9.17, 15) is 9.59 Å². The molecule has 1 atom stereocenters. The molecule has 0 aromatic heterocycles. The third kappa shape index (κ3) is 2.87. The lowest BCUT2D eigenvalue weighted by Gasteiger charge is -2.10. The highest BCUT2D eigenvalue weighted by Crippen LogP contribution is 2.26. The summed E-state index contributed by atoms with van der Waals surface area (Å²) in [4.78, 5) is 22.3. The van der Waals surface area contributed by atoms with Gasteiger partial charge in [-0.3, -0.25) is 4.79 Å². The summed E-state index contributed by atoms with van der Waals surface area (Å²) in [6.45, 7) is 1.37. The molecule has 0 heterocycles. The van der Waals surface area contributed by atoms with Crippen LogP contribution in [-0.2, 0) is 9.53 Å². The quantitative estimate of drug-likeness (QED) is 0.847. The van der Waals surface area contributed by atoms with Crippen molar-refractivity contribution < 1.29 is 14.3 Å². The van der Waals surface area contributed by atoms with Crippen LogP contribution in [0.25, 0.3) is 0 Å². The molecule has 0 aliphatic heterocycles. The molecule has 0 bridgehead atoms. The Balaban J connectivity index is 2.89. The first-order valence-corrected chi connectivity index (χ1v) is 5.13. The van der Waals surface area contributed by atoms with Gasteiger partial charge >= 0.3 is 5.97 Å². The molecule has 1 rings (SSSR count). The maximum absolute atomic E-state index is 11.6. The van der Waals surface area contributed by atoms with E-state index in [1.54, 1.807) is 6.07 Å². The number of carbonyl (C=O) groups excluding carboxylic acids is 2. The fourth-order valence-corrected chi connectivity index (χ4v) is 1.32. The van der Waals surface area contributed by atoms with Crippen LogP contribution in [0.3, 0.4) is 0 Å². The van der Waals surface area contributed by atoms with Gasteiger partial charge in [-0.1, -0.05) is 29.3 Å². The van der Waals surface area contributed by atoms with Crippen LogP contribution in [0.15, 0.2) is 18.2 Å². The Bertz CT molecular complexity index is 434. The second kappa shape index (κ2) is 5.18. The molecular formula is C10H9Cl2NO3. The van der Waals surface area contributed by atoms with Gasteiger partial charge in [-0.05, 0) is 19.1 Å².